The van der Waals surface area contributed by atoms with Crippen molar-refractivity contribution >= 4 is 29.6 Å². The lowest BCUT2D eigenvalue weighted by Gasteiger charge is -2.38. The van der Waals surface area contributed by atoms with Gasteiger partial charge in [-0.2, -0.15) is 0 Å². The molecular weight excluding hydrogens is 422 g/mol. The van der Waals surface area contributed by atoms with E-state index in [1.807, 2.05) is 0 Å². The molecule has 0 bridgehead atoms. The van der Waals surface area contributed by atoms with Crippen molar-refractivity contribution in [2.24, 2.45) is 0 Å². The fourth-order valence-electron chi connectivity index (χ4n) is 4.98. The van der Waals surface area contributed by atoms with Crippen LogP contribution in [0.25, 0.3) is 0 Å². The summed E-state index contributed by atoms with van der Waals surface area (Å²) in [6.45, 7) is 13.5. The number of fused-ring (bicyclic) bond motifs is 2. The van der Waals surface area contributed by atoms with Crippen molar-refractivity contribution in [3.05, 3.63) is 59.2 Å². The van der Waals surface area contributed by atoms with Crippen molar-refractivity contribution < 1.29 is 13.2 Å². The Morgan fingerprint density at radius 1 is 0.871 bits per heavy atom. The van der Waals surface area contributed by atoms with E-state index in [4.69, 9.17) is 0 Å². The molecule has 6 heteroatoms. The number of nitrogens with zero attached hydrogens (tertiary/aromatic N) is 1. The highest BCUT2D eigenvalue weighted by atomic mass is 32.2. The van der Waals surface area contributed by atoms with Crippen LogP contribution in [0.3, 0.4) is 0 Å². The Morgan fingerprint density at radius 2 is 1.45 bits per heavy atom. The summed E-state index contributed by atoms with van der Waals surface area (Å²) in [6.07, 6.45) is 0. The van der Waals surface area contributed by atoms with Gasteiger partial charge in [0.1, 0.15) is 8.07 Å². The first-order valence-electron chi connectivity index (χ1n) is 10.7. The Hall–Kier alpha value is -2.36. The van der Waals surface area contributed by atoms with E-state index in [-0.39, 0.29) is 16.2 Å². The smallest absolute Gasteiger partial charge is 0.264 e. The molecule has 0 atom stereocenters. The lowest BCUT2D eigenvalue weighted by atomic mass is 10.0. The normalized spacial score (nSPS) is 15.4. The average Bonchev–Trinajstić information content (AvgIpc) is 2.77. The van der Waals surface area contributed by atoms with E-state index >= 15 is 0 Å². The van der Waals surface area contributed by atoms with Gasteiger partial charge in [-0.25, -0.2) is 8.42 Å². The van der Waals surface area contributed by atoms with E-state index in [9.17, 15) is 13.2 Å². The summed E-state index contributed by atoms with van der Waals surface area (Å²) < 4.78 is 27.9. The molecular formula is C25H31NO3SSi. The first kappa shape index (κ1) is 23.3. The van der Waals surface area contributed by atoms with Crippen LogP contribution in [0.1, 0.15) is 63.0 Å². The van der Waals surface area contributed by atoms with Crippen molar-refractivity contribution in [1.29, 1.82) is 0 Å². The number of rotatable bonds is 3. The molecule has 31 heavy (non-hydrogen) atoms. The maximum absolute atomic E-state index is 13.3. The number of hydrogen-bond acceptors (Lipinski definition) is 3. The van der Waals surface area contributed by atoms with E-state index in [0.29, 0.717) is 33.4 Å². The predicted molar refractivity (Wildman–Crippen MR) is 130 cm³/mol. The fourth-order valence-corrected chi connectivity index (χ4v) is 11.6. The van der Waals surface area contributed by atoms with Gasteiger partial charge in [0.25, 0.3) is 10.0 Å². The van der Waals surface area contributed by atoms with Crippen LogP contribution in [0.15, 0.2) is 47.4 Å². The summed E-state index contributed by atoms with van der Waals surface area (Å²) in [5.41, 5.74) is 6.67. The molecule has 0 unspecified atom stereocenters. The molecule has 4 nitrogen and oxygen atoms in total. The zero-order valence-corrected chi connectivity index (χ0v) is 21.2. The van der Waals surface area contributed by atoms with Crippen LogP contribution in [0, 0.1) is 11.5 Å². The second-order valence-corrected chi connectivity index (χ2v) is 16.7. The van der Waals surface area contributed by atoms with Gasteiger partial charge in [0.05, 0.1) is 10.6 Å². The van der Waals surface area contributed by atoms with E-state index in [2.05, 4.69) is 53.0 Å². The zero-order valence-electron chi connectivity index (χ0n) is 19.4. The van der Waals surface area contributed by atoms with Gasteiger partial charge >= 0.3 is 0 Å². The number of sulfonamides is 1. The van der Waals surface area contributed by atoms with E-state index in [1.54, 1.807) is 42.5 Å². The molecule has 1 heterocycles. The summed E-state index contributed by atoms with van der Waals surface area (Å²) in [6, 6.07) is 11.8. The first-order valence-corrected chi connectivity index (χ1v) is 14.4. The van der Waals surface area contributed by atoms with Crippen LogP contribution in [0.5, 0.6) is 0 Å². The van der Waals surface area contributed by atoms with Crippen molar-refractivity contribution in [2.75, 3.05) is 11.4 Å². The molecule has 0 aromatic heterocycles. The Bertz CT molecular complexity index is 1160. The molecule has 1 aliphatic heterocycles. The summed E-state index contributed by atoms with van der Waals surface area (Å²) in [7, 11) is -4.34. The highest BCUT2D eigenvalue weighted by Crippen LogP contribution is 2.41. The summed E-state index contributed by atoms with van der Waals surface area (Å²) in [4.78, 5) is 13.2. The van der Waals surface area contributed by atoms with Gasteiger partial charge in [-0.15, -0.1) is 5.54 Å². The second-order valence-electron chi connectivity index (χ2n) is 9.18. The number of benzene rings is 2. The molecule has 0 N–H and O–H groups in total. The first-order chi connectivity index (χ1) is 14.4. The fraction of sp³-hybridized carbons (Fsp3) is 0.400. The number of para-hydroxylation sites is 1. The van der Waals surface area contributed by atoms with Crippen LogP contribution >= 0.6 is 0 Å². The number of carbonyl (C=O) groups is 1. The third-order valence-corrected chi connectivity index (χ3v) is 14.7. The quantitative estimate of drug-likeness (QED) is 0.447. The molecule has 164 valence electrons. The number of ketones is 1. The van der Waals surface area contributed by atoms with Gasteiger partial charge in [0.2, 0.25) is 0 Å². The Morgan fingerprint density at radius 3 is 2.03 bits per heavy atom. The standard InChI is InChI=1S/C25H31NO3SSi/c1-17(2)31(18(3)4,19(5)6)15-14-20-12-13-22-24(16-20)30(28,29)26(7)23-11-9-8-10-21(23)25(22)27/h8-13,16-19H,1-7H3. The number of carbonyl (C=O) groups excluding carboxylic acids is 1. The molecule has 0 spiro atoms. The summed E-state index contributed by atoms with van der Waals surface area (Å²) in [5.74, 6) is 3.02. The monoisotopic (exact) mass is 453 g/mol. The SMILES string of the molecule is CC(C)[Si](C#Cc1ccc2c(c1)S(=O)(=O)N(C)c1ccccc1C2=O)(C(C)C)C(C)C. The molecule has 0 saturated carbocycles. The molecule has 0 aliphatic carbocycles. The minimum absolute atomic E-state index is 0.0221. The highest BCUT2D eigenvalue weighted by molar-refractivity contribution is 7.93. The Balaban J connectivity index is 2.20. The van der Waals surface area contributed by atoms with E-state index < -0.39 is 18.1 Å². The second kappa shape index (κ2) is 8.29. The minimum Gasteiger partial charge on any atom is -0.288 e. The van der Waals surface area contributed by atoms with E-state index in [0.717, 1.165) is 0 Å². The van der Waals surface area contributed by atoms with Crippen molar-refractivity contribution in [3.8, 4) is 11.5 Å². The molecule has 2 aromatic rings. The molecule has 1 aliphatic rings. The third kappa shape index (κ3) is 3.75. The summed E-state index contributed by atoms with van der Waals surface area (Å²) in [5, 5.41) is 0. The van der Waals surface area contributed by atoms with Crippen molar-refractivity contribution in [3.63, 3.8) is 0 Å². The van der Waals surface area contributed by atoms with E-state index in [1.165, 1.54) is 11.4 Å². The van der Waals surface area contributed by atoms with Gasteiger partial charge in [-0.3, -0.25) is 9.10 Å². The minimum atomic E-state index is -3.87. The molecule has 0 radical (unpaired) electrons. The molecule has 0 fully saturated rings. The average molecular weight is 454 g/mol. The Labute approximate surface area is 187 Å². The van der Waals surface area contributed by atoms with Gasteiger partial charge < -0.3 is 0 Å². The van der Waals surface area contributed by atoms with Gasteiger partial charge in [-0.05, 0) is 47.0 Å². The van der Waals surface area contributed by atoms with Crippen LogP contribution in [0.2, 0.25) is 16.6 Å². The Kier molecular flexibility index (Phi) is 6.23. The number of hydrogen-bond donors (Lipinski definition) is 0. The van der Waals surface area contributed by atoms with Crippen LogP contribution in [-0.2, 0) is 10.0 Å². The number of anilines is 1. The maximum Gasteiger partial charge on any atom is 0.264 e. The topological polar surface area (TPSA) is 54.5 Å². The van der Waals surface area contributed by atoms with Crippen LogP contribution < -0.4 is 4.31 Å². The molecule has 0 saturated heterocycles. The van der Waals surface area contributed by atoms with Crippen molar-refractivity contribution in [2.45, 2.75) is 63.1 Å². The largest absolute Gasteiger partial charge is 0.288 e. The highest BCUT2D eigenvalue weighted by Gasteiger charge is 2.41. The molecule has 2 aromatic carbocycles. The predicted octanol–water partition coefficient (Wildman–Crippen LogP) is 5.63. The zero-order chi connectivity index (χ0) is 23.1. The lowest BCUT2D eigenvalue weighted by molar-refractivity contribution is 0.103. The summed E-state index contributed by atoms with van der Waals surface area (Å²) >= 11 is 0. The van der Waals surface area contributed by atoms with Crippen LogP contribution in [0.4, 0.5) is 5.69 Å². The maximum atomic E-state index is 13.3. The van der Waals surface area contributed by atoms with Crippen molar-refractivity contribution in [1.82, 2.24) is 0 Å². The molecule has 3 rings (SSSR count). The van der Waals surface area contributed by atoms with Gasteiger partial charge in [0, 0.05) is 23.7 Å². The van der Waals surface area contributed by atoms with Gasteiger partial charge in [-0.1, -0.05) is 59.6 Å². The van der Waals surface area contributed by atoms with Gasteiger partial charge in [0.15, 0.2) is 5.78 Å². The van der Waals surface area contributed by atoms with Crippen LogP contribution in [-0.4, -0.2) is 29.3 Å². The molecule has 0 amide bonds. The third-order valence-electron chi connectivity index (χ3n) is 6.64. The lowest BCUT2D eigenvalue weighted by Crippen LogP contribution is -2.43.